The van der Waals surface area contributed by atoms with Crippen LogP contribution in [0.2, 0.25) is 0 Å². The molecular weight excluding hydrogens is 377 g/mol. The first-order valence-corrected chi connectivity index (χ1v) is 8.63. The maximum Gasteiger partial charge on any atom is 0.433 e. The Morgan fingerprint density at radius 3 is 2.50 bits per heavy atom. The summed E-state index contributed by atoms with van der Waals surface area (Å²) < 4.78 is 39.4. The van der Waals surface area contributed by atoms with E-state index >= 15 is 0 Å². The molecular formula is C17H17F3N6O2. The number of hydrogen-bond acceptors (Lipinski definition) is 4. The zero-order chi connectivity index (χ0) is 20.1. The number of likely N-dealkylation sites (tertiary alicyclic amines) is 1. The molecule has 28 heavy (non-hydrogen) atoms. The van der Waals surface area contributed by atoms with Crippen molar-refractivity contribution in [2.45, 2.75) is 12.2 Å². The second kappa shape index (κ2) is 6.50. The number of likely N-dealkylation sites (N-methyl/N-ethyl adjacent to an activating group) is 1. The predicted octanol–water partition coefficient (Wildman–Crippen LogP) is 1.87. The van der Waals surface area contributed by atoms with E-state index in [1.165, 1.54) is 4.90 Å². The fourth-order valence-corrected chi connectivity index (χ4v) is 3.21. The van der Waals surface area contributed by atoms with Gasteiger partial charge in [0.25, 0.3) is 5.91 Å². The predicted molar refractivity (Wildman–Crippen MR) is 91.8 cm³/mol. The van der Waals surface area contributed by atoms with Crippen molar-refractivity contribution in [3.8, 4) is 0 Å². The van der Waals surface area contributed by atoms with Crippen LogP contribution in [-0.4, -0.2) is 69.7 Å². The molecule has 148 valence electrons. The first kappa shape index (κ1) is 18.3. The number of urea groups is 1. The van der Waals surface area contributed by atoms with Crippen LogP contribution in [0.25, 0.3) is 0 Å². The Morgan fingerprint density at radius 2 is 1.93 bits per heavy atom. The lowest BCUT2D eigenvalue weighted by Crippen LogP contribution is -2.50. The molecule has 4 heterocycles. The summed E-state index contributed by atoms with van der Waals surface area (Å²) >= 11 is 0. The SMILES string of the molecule is CN1CCN(c2cnn(C3CN(C(=O)c4ccc(C(F)(F)F)nc4)C3)c2)C1=O. The number of carbonyl (C=O) groups excluding carboxylic acids is 2. The summed E-state index contributed by atoms with van der Waals surface area (Å²) in [4.78, 5) is 32.5. The second-order valence-corrected chi connectivity index (χ2v) is 6.83. The van der Waals surface area contributed by atoms with E-state index in [2.05, 4.69) is 10.1 Å². The number of pyridine rings is 1. The van der Waals surface area contributed by atoms with Gasteiger partial charge in [0.15, 0.2) is 0 Å². The third-order valence-electron chi connectivity index (χ3n) is 4.94. The first-order chi connectivity index (χ1) is 13.2. The Kier molecular flexibility index (Phi) is 4.24. The van der Waals surface area contributed by atoms with Gasteiger partial charge in [0, 0.05) is 45.6 Å². The third-order valence-corrected chi connectivity index (χ3v) is 4.94. The summed E-state index contributed by atoms with van der Waals surface area (Å²) in [5, 5.41) is 4.28. The minimum atomic E-state index is -4.53. The standard InChI is InChI=1S/C17H17F3N6O2/c1-23-4-5-25(16(23)28)12-7-22-26(10-12)13-8-24(9-13)15(27)11-2-3-14(21-6-11)17(18,19)20/h2-3,6-7,10,13H,4-5,8-9H2,1H3. The number of hydrogen-bond donors (Lipinski definition) is 0. The molecule has 0 N–H and O–H groups in total. The molecule has 2 aliphatic heterocycles. The monoisotopic (exact) mass is 394 g/mol. The Bertz CT molecular complexity index is 904. The van der Waals surface area contributed by atoms with Gasteiger partial charge in [-0.1, -0.05) is 0 Å². The minimum absolute atomic E-state index is 0.0458. The van der Waals surface area contributed by atoms with Crippen LogP contribution in [0.3, 0.4) is 0 Å². The van der Waals surface area contributed by atoms with Crippen molar-refractivity contribution in [1.82, 2.24) is 24.6 Å². The molecule has 3 amide bonds. The Balaban J connectivity index is 1.37. The van der Waals surface area contributed by atoms with Crippen LogP contribution in [0.1, 0.15) is 22.1 Å². The topological polar surface area (TPSA) is 74.6 Å². The van der Waals surface area contributed by atoms with Crippen molar-refractivity contribution >= 4 is 17.6 Å². The highest BCUT2D eigenvalue weighted by Crippen LogP contribution is 2.29. The number of rotatable bonds is 3. The highest BCUT2D eigenvalue weighted by molar-refractivity contribution is 5.94. The van der Waals surface area contributed by atoms with E-state index in [0.29, 0.717) is 31.9 Å². The van der Waals surface area contributed by atoms with E-state index in [9.17, 15) is 22.8 Å². The summed E-state index contributed by atoms with van der Waals surface area (Å²) in [5.74, 6) is -0.374. The number of anilines is 1. The third kappa shape index (κ3) is 3.16. The van der Waals surface area contributed by atoms with Gasteiger partial charge in [0.2, 0.25) is 0 Å². The van der Waals surface area contributed by atoms with Crippen LogP contribution in [0, 0.1) is 0 Å². The summed E-state index contributed by atoms with van der Waals surface area (Å²) in [6.45, 7) is 2.01. The van der Waals surface area contributed by atoms with Gasteiger partial charge in [-0.3, -0.25) is 19.4 Å². The first-order valence-electron chi connectivity index (χ1n) is 8.63. The van der Waals surface area contributed by atoms with Crippen LogP contribution in [0.15, 0.2) is 30.7 Å². The molecule has 0 spiro atoms. The molecule has 0 saturated carbocycles. The largest absolute Gasteiger partial charge is 0.433 e. The Labute approximate surface area is 158 Å². The number of alkyl halides is 3. The van der Waals surface area contributed by atoms with E-state index in [0.717, 1.165) is 18.3 Å². The summed E-state index contributed by atoms with van der Waals surface area (Å²) in [6, 6.07) is 1.80. The van der Waals surface area contributed by atoms with Crippen molar-refractivity contribution in [2.75, 3.05) is 38.1 Å². The minimum Gasteiger partial charge on any atom is -0.334 e. The molecule has 2 saturated heterocycles. The maximum absolute atomic E-state index is 12.6. The van der Waals surface area contributed by atoms with Crippen molar-refractivity contribution in [3.63, 3.8) is 0 Å². The smallest absolute Gasteiger partial charge is 0.334 e. The maximum atomic E-state index is 12.6. The molecule has 2 aromatic rings. The van der Waals surface area contributed by atoms with Gasteiger partial charge in [0.1, 0.15) is 5.69 Å². The van der Waals surface area contributed by atoms with Crippen LogP contribution < -0.4 is 4.90 Å². The average Bonchev–Trinajstić information content (AvgIpc) is 3.20. The Morgan fingerprint density at radius 1 is 1.18 bits per heavy atom. The molecule has 4 rings (SSSR count). The molecule has 2 aliphatic rings. The zero-order valence-electron chi connectivity index (χ0n) is 14.9. The molecule has 0 aromatic carbocycles. The molecule has 8 nitrogen and oxygen atoms in total. The molecule has 0 bridgehead atoms. The van der Waals surface area contributed by atoms with Crippen LogP contribution in [0.4, 0.5) is 23.7 Å². The number of carbonyl (C=O) groups is 2. The Hall–Kier alpha value is -3.11. The van der Waals surface area contributed by atoms with Gasteiger partial charge in [-0.25, -0.2) is 4.79 Å². The zero-order valence-corrected chi connectivity index (χ0v) is 14.9. The fourth-order valence-electron chi connectivity index (χ4n) is 3.21. The summed E-state index contributed by atoms with van der Waals surface area (Å²) in [6.07, 6.45) is -0.211. The molecule has 11 heteroatoms. The highest BCUT2D eigenvalue weighted by Gasteiger charge is 2.36. The van der Waals surface area contributed by atoms with Crippen molar-refractivity contribution in [1.29, 1.82) is 0 Å². The van der Waals surface area contributed by atoms with Gasteiger partial charge >= 0.3 is 12.2 Å². The normalized spacial score (nSPS) is 18.0. The number of halogens is 3. The van der Waals surface area contributed by atoms with Crippen LogP contribution in [0.5, 0.6) is 0 Å². The van der Waals surface area contributed by atoms with Gasteiger partial charge < -0.3 is 9.80 Å². The van der Waals surface area contributed by atoms with Crippen molar-refractivity contribution < 1.29 is 22.8 Å². The number of amides is 3. The van der Waals surface area contributed by atoms with Gasteiger partial charge in [-0.2, -0.15) is 18.3 Å². The number of aromatic nitrogens is 3. The molecule has 2 fully saturated rings. The quantitative estimate of drug-likeness (QED) is 0.797. The van der Waals surface area contributed by atoms with Crippen molar-refractivity contribution in [2.24, 2.45) is 0 Å². The molecule has 0 atom stereocenters. The molecule has 0 radical (unpaired) electrons. The summed E-state index contributed by atoms with van der Waals surface area (Å²) in [5.41, 5.74) is -0.221. The van der Waals surface area contributed by atoms with Crippen LogP contribution >= 0.6 is 0 Å². The van der Waals surface area contributed by atoms with Crippen LogP contribution in [-0.2, 0) is 6.18 Å². The van der Waals surface area contributed by atoms with E-state index < -0.39 is 11.9 Å². The molecule has 0 unspecified atom stereocenters. The van der Waals surface area contributed by atoms with E-state index in [-0.39, 0.29) is 23.5 Å². The number of nitrogens with zero attached hydrogens (tertiary/aromatic N) is 6. The highest BCUT2D eigenvalue weighted by atomic mass is 19.4. The lowest BCUT2D eigenvalue weighted by Gasteiger charge is -2.39. The molecule has 0 aliphatic carbocycles. The lowest BCUT2D eigenvalue weighted by atomic mass is 10.1. The lowest BCUT2D eigenvalue weighted by molar-refractivity contribution is -0.141. The van der Waals surface area contributed by atoms with Gasteiger partial charge in [-0.05, 0) is 12.1 Å². The van der Waals surface area contributed by atoms with E-state index in [1.807, 2.05) is 0 Å². The second-order valence-electron chi connectivity index (χ2n) is 6.83. The van der Waals surface area contributed by atoms with Gasteiger partial charge in [0.05, 0.1) is 23.5 Å². The summed E-state index contributed by atoms with van der Waals surface area (Å²) in [7, 11) is 1.73. The molecule has 2 aromatic heterocycles. The average molecular weight is 394 g/mol. The van der Waals surface area contributed by atoms with E-state index in [1.54, 1.807) is 33.9 Å². The van der Waals surface area contributed by atoms with Crippen molar-refractivity contribution in [3.05, 3.63) is 42.0 Å². The van der Waals surface area contributed by atoms with Gasteiger partial charge in [-0.15, -0.1) is 0 Å². The van der Waals surface area contributed by atoms with E-state index in [4.69, 9.17) is 0 Å². The fraction of sp³-hybridized carbons (Fsp3) is 0.412.